The fourth-order valence-electron chi connectivity index (χ4n) is 1.66. The third-order valence-corrected chi connectivity index (χ3v) is 4.48. The van der Waals surface area contributed by atoms with Crippen LogP contribution in [0.15, 0.2) is 11.4 Å². The van der Waals surface area contributed by atoms with Crippen LogP contribution in [0.1, 0.15) is 19.8 Å². The third-order valence-electron chi connectivity index (χ3n) is 2.81. The molecule has 1 aromatic rings. The Kier molecular flexibility index (Phi) is 3.50. The lowest BCUT2D eigenvalue weighted by Crippen LogP contribution is -2.45. The van der Waals surface area contributed by atoms with Gasteiger partial charge in [-0.15, -0.1) is 0 Å². The first-order valence-electron chi connectivity index (χ1n) is 5.91. The highest BCUT2D eigenvalue weighted by Crippen LogP contribution is 2.19. The molecule has 0 aliphatic heterocycles. The van der Waals surface area contributed by atoms with E-state index in [1.807, 2.05) is 0 Å². The summed E-state index contributed by atoms with van der Waals surface area (Å²) < 4.78 is 27.8. The number of carbonyl (C=O) groups excluding carboxylic acids is 1. The van der Waals surface area contributed by atoms with Crippen molar-refractivity contribution in [2.24, 2.45) is 7.05 Å². The lowest BCUT2D eigenvalue weighted by Gasteiger charge is -2.14. The van der Waals surface area contributed by atoms with Crippen LogP contribution in [0, 0.1) is 0 Å². The summed E-state index contributed by atoms with van der Waals surface area (Å²) >= 11 is 0. The van der Waals surface area contributed by atoms with E-state index in [0.29, 0.717) is 0 Å². The minimum atomic E-state index is -3.87. The van der Waals surface area contributed by atoms with Gasteiger partial charge in [0.15, 0.2) is 10.8 Å². The van der Waals surface area contributed by atoms with E-state index in [9.17, 15) is 13.2 Å². The van der Waals surface area contributed by atoms with E-state index in [4.69, 9.17) is 5.73 Å². The maximum absolute atomic E-state index is 12.1. The van der Waals surface area contributed by atoms with E-state index in [2.05, 4.69) is 15.0 Å². The second kappa shape index (κ2) is 4.82. The average Bonchev–Trinajstić information content (AvgIpc) is 3.03. The number of carbonyl (C=O) groups is 1. The lowest BCUT2D eigenvalue weighted by atomic mass is 10.3. The van der Waals surface area contributed by atoms with Crippen molar-refractivity contribution in [2.45, 2.75) is 36.9 Å². The van der Waals surface area contributed by atoms with E-state index in [1.54, 1.807) is 0 Å². The fraction of sp³-hybridized carbons (Fsp3) is 0.600. The molecule has 8 nitrogen and oxygen atoms in total. The molecule has 1 saturated carbocycles. The van der Waals surface area contributed by atoms with Crippen molar-refractivity contribution in [3.63, 3.8) is 0 Å². The van der Waals surface area contributed by atoms with Gasteiger partial charge in [0.2, 0.25) is 5.91 Å². The monoisotopic (exact) mass is 287 g/mol. The van der Waals surface area contributed by atoms with E-state index in [0.717, 1.165) is 12.8 Å². The quantitative estimate of drug-likeness (QED) is 0.638. The van der Waals surface area contributed by atoms with Crippen molar-refractivity contribution in [1.82, 2.24) is 19.6 Å². The standard InChI is InChI=1S/C10H17N5O3S/c1-6(9(16)13-7-3-4-7)14-19(17,18)10-8(11)12-5-15(10)2/h5-7,14H,3-4,11H2,1-2H3,(H,13,16). The molecule has 2 rings (SSSR count). The van der Waals surface area contributed by atoms with Crippen LogP contribution >= 0.6 is 0 Å². The van der Waals surface area contributed by atoms with Crippen molar-refractivity contribution in [3.8, 4) is 0 Å². The molecule has 0 spiro atoms. The van der Waals surface area contributed by atoms with Gasteiger partial charge in [-0.1, -0.05) is 0 Å². The SMILES string of the molecule is CC(NS(=O)(=O)c1c(N)ncn1C)C(=O)NC1CC1. The minimum Gasteiger partial charge on any atom is -0.381 e. The molecule has 0 aromatic carbocycles. The smallest absolute Gasteiger partial charge is 0.260 e. The van der Waals surface area contributed by atoms with Gasteiger partial charge in [0, 0.05) is 13.1 Å². The fourth-order valence-corrected chi connectivity index (χ4v) is 3.10. The molecule has 1 aliphatic rings. The Hall–Kier alpha value is -1.61. The molecule has 0 radical (unpaired) electrons. The third kappa shape index (κ3) is 3.04. The molecule has 106 valence electrons. The van der Waals surface area contributed by atoms with Gasteiger partial charge < -0.3 is 15.6 Å². The number of sulfonamides is 1. The zero-order valence-corrected chi connectivity index (χ0v) is 11.6. The Morgan fingerprint density at radius 2 is 2.21 bits per heavy atom. The number of aryl methyl sites for hydroxylation is 1. The largest absolute Gasteiger partial charge is 0.381 e. The number of aromatic nitrogens is 2. The van der Waals surface area contributed by atoms with Crippen LogP contribution in [0.25, 0.3) is 0 Å². The summed E-state index contributed by atoms with van der Waals surface area (Å²) in [5.41, 5.74) is 5.52. The second-order valence-corrected chi connectivity index (χ2v) is 6.30. The number of hydrogen-bond donors (Lipinski definition) is 3. The van der Waals surface area contributed by atoms with Crippen LogP contribution in [-0.2, 0) is 21.9 Å². The predicted molar refractivity (Wildman–Crippen MR) is 68.6 cm³/mol. The normalized spacial score (nSPS) is 17.2. The Bertz CT molecular complexity index is 571. The number of nitrogens with one attached hydrogen (secondary N) is 2. The highest BCUT2D eigenvalue weighted by molar-refractivity contribution is 7.89. The number of hydrogen-bond acceptors (Lipinski definition) is 5. The summed E-state index contributed by atoms with van der Waals surface area (Å²) in [6, 6.07) is -0.680. The van der Waals surface area contributed by atoms with Crippen molar-refractivity contribution >= 4 is 21.7 Å². The predicted octanol–water partition coefficient (Wildman–Crippen LogP) is -1.05. The van der Waals surface area contributed by atoms with Crippen molar-refractivity contribution in [2.75, 3.05) is 5.73 Å². The molecule has 1 heterocycles. The molecule has 4 N–H and O–H groups in total. The van der Waals surface area contributed by atoms with Crippen LogP contribution < -0.4 is 15.8 Å². The van der Waals surface area contributed by atoms with Gasteiger partial charge in [0.1, 0.15) is 0 Å². The van der Waals surface area contributed by atoms with Gasteiger partial charge in [-0.05, 0) is 19.8 Å². The molecular formula is C10H17N5O3S. The van der Waals surface area contributed by atoms with E-state index < -0.39 is 16.1 Å². The molecule has 1 unspecified atom stereocenters. The first-order chi connectivity index (χ1) is 8.81. The number of anilines is 1. The molecule has 0 bridgehead atoms. The van der Waals surface area contributed by atoms with Crippen molar-refractivity contribution in [3.05, 3.63) is 6.33 Å². The van der Waals surface area contributed by atoms with Crippen LogP contribution in [0.2, 0.25) is 0 Å². The van der Waals surface area contributed by atoms with Crippen molar-refractivity contribution < 1.29 is 13.2 Å². The topological polar surface area (TPSA) is 119 Å². The van der Waals surface area contributed by atoms with Gasteiger partial charge in [-0.3, -0.25) is 4.79 Å². The molecule has 19 heavy (non-hydrogen) atoms. The first-order valence-corrected chi connectivity index (χ1v) is 7.39. The Morgan fingerprint density at radius 1 is 1.58 bits per heavy atom. The van der Waals surface area contributed by atoms with Crippen LogP contribution in [0.4, 0.5) is 5.82 Å². The average molecular weight is 287 g/mol. The van der Waals surface area contributed by atoms with Crippen molar-refractivity contribution in [1.29, 1.82) is 0 Å². The molecule has 1 aromatic heterocycles. The highest BCUT2D eigenvalue weighted by Gasteiger charge is 2.30. The molecule has 1 atom stereocenters. The second-order valence-electron chi connectivity index (χ2n) is 4.67. The lowest BCUT2D eigenvalue weighted by molar-refractivity contribution is -0.122. The molecule has 9 heteroatoms. The van der Waals surface area contributed by atoms with E-state index >= 15 is 0 Å². The van der Waals surface area contributed by atoms with Gasteiger partial charge in [0.25, 0.3) is 10.0 Å². The minimum absolute atomic E-state index is 0.0928. The van der Waals surface area contributed by atoms with Gasteiger partial charge in [0.05, 0.1) is 12.4 Å². The number of imidazole rings is 1. The van der Waals surface area contributed by atoms with Crippen LogP contribution in [0.3, 0.4) is 0 Å². The Balaban J connectivity index is 2.10. The molecule has 1 fully saturated rings. The Morgan fingerprint density at radius 3 is 2.68 bits per heavy atom. The molecule has 1 amide bonds. The maximum atomic E-state index is 12.1. The van der Waals surface area contributed by atoms with Gasteiger partial charge in [-0.2, -0.15) is 4.72 Å². The summed E-state index contributed by atoms with van der Waals surface area (Å²) in [7, 11) is -2.35. The Labute approximate surface area is 111 Å². The number of nitrogen functional groups attached to an aromatic ring is 1. The van der Waals surface area contributed by atoms with Gasteiger partial charge >= 0.3 is 0 Å². The first kappa shape index (κ1) is 13.8. The summed E-state index contributed by atoms with van der Waals surface area (Å²) in [4.78, 5) is 15.4. The highest BCUT2D eigenvalue weighted by atomic mass is 32.2. The number of amides is 1. The maximum Gasteiger partial charge on any atom is 0.260 e. The molecular weight excluding hydrogens is 270 g/mol. The number of nitrogens with zero attached hydrogens (tertiary/aromatic N) is 2. The number of rotatable bonds is 5. The van der Waals surface area contributed by atoms with Crippen LogP contribution in [0.5, 0.6) is 0 Å². The summed E-state index contributed by atoms with van der Waals surface area (Å²) in [5, 5.41) is 2.59. The molecule has 0 saturated heterocycles. The molecule has 1 aliphatic carbocycles. The zero-order chi connectivity index (χ0) is 14.2. The number of nitrogens with two attached hydrogens (primary N) is 1. The summed E-state index contributed by atoms with van der Waals surface area (Å²) in [6.07, 6.45) is 3.19. The van der Waals surface area contributed by atoms with E-state index in [1.165, 1.54) is 24.9 Å². The van der Waals surface area contributed by atoms with E-state index in [-0.39, 0.29) is 22.8 Å². The summed E-state index contributed by atoms with van der Waals surface area (Å²) in [6.45, 7) is 1.49. The summed E-state index contributed by atoms with van der Waals surface area (Å²) in [5.74, 6) is -0.434. The van der Waals surface area contributed by atoms with Crippen LogP contribution in [-0.4, -0.2) is 36.0 Å². The zero-order valence-electron chi connectivity index (χ0n) is 10.8. The van der Waals surface area contributed by atoms with Gasteiger partial charge in [-0.25, -0.2) is 13.4 Å².